The van der Waals surface area contributed by atoms with Crippen LogP contribution < -0.4 is 5.32 Å². The minimum atomic E-state index is -3.52. The first-order valence-corrected chi connectivity index (χ1v) is 11.2. The number of amides is 1. The van der Waals surface area contributed by atoms with Gasteiger partial charge in [0.2, 0.25) is 15.9 Å². The van der Waals surface area contributed by atoms with Crippen LogP contribution in [-0.4, -0.2) is 31.7 Å². The van der Waals surface area contributed by atoms with Crippen molar-refractivity contribution in [3.63, 3.8) is 0 Å². The van der Waals surface area contributed by atoms with Gasteiger partial charge in [0.1, 0.15) is 0 Å². The van der Waals surface area contributed by atoms with Crippen molar-refractivity contribution in [1.82, 2.24) is 4.31 Å². The Morgan fingerprint density at radius 2 is 1.65 bits per heavy atom. The first-order chi connectivity index (χ1) is 12.4. The maximum absolute atomic E-state index is 12.7. The van der Waals surface area contributed by atoms with Crippen LogP contribution in [0.4, 0.5) is 5.69 Å². The molecule has 0 atom stereocenters. The van der Waals surface area contributed by atoms with Crippen molar-refractivity contribution in [3.05, 3.63) is 57.5 Å². The van der Waals surface area contributed by atoms with E-state index in [1.165, 1.54) is 4.31 Å². The number of nitrogens with zero attached hydrogens (tertiary/aromatic N) is 1. The van der Waals surface area contributed by atoms with Gasteiger partial charge >= 0.3 is 0 Å². The zero-order chi connectivity index (χ0) is 18.7. The molecule has 1 saturated heterocycles. The minimum Gasteiger partial charge on any atom is -0.326 e. The monoisotopic (exact) mass is 500 g/mol. The molecule has 138 valence electrons. The highest BCUT2D eigenvalue weighted by molar-refractivity contribution is 9.10. The van der Waals surface area contributed by atoms with Gasteiger partial charge in [0.15, 0.2) is 0 Å². The van der Waals surface area contributed by atoms with Crippen molar-refractivity contribution in [2.75, 3.05) is 18.4 Å². The molecule has 0 unspecified atom stereocenters. The Balaban J connectivity index is 1.61. The molecular formula is C18H18Br2N2O3S. The van der Waals surface area contributed by atoms with Gasteiger partial charge in [-0.15, -0.1) is 0 Å². The summed E-state index contributed by atoms with van der Waals surface area (Å²) in [5.74, 6) is -0.255. The van der Waals surface area contributed by atoms with E-state index in [4.69, 9.17) is 0 Å². The molecule has 26 heavy (non-hydrogen) atoms. The van der Waals surface area contributed by atoms with Crippen molar-refractivity contribution in [2.45, 2.75) is 17.7 Å². The highest BCUT2D eigenvalue weighted by atomic mass is 79.9. The van der Waals surface area contributed by atoms with Crippen molar-refractivity contribution in [1.29, 1.82) is 0 Å². The van der Waals surface area contributed by atoms with Gasteiger partial charge in [-0.25, -0.2) is 8.42 Å². The molecular weight excluding hydrogens is 484 g/mol. The number of halogens is 2. The van der Waals surface area contributed by atoms with Crippen LogP contribution in [0.3, 0.4) is 0 Å². The van der Waals surface area contributed by atoms with Gasteiger partial charge in [-0.1, -0.05) is 37.9 Å². The van der Waals surface area contributed by atoms with E-state index in [0.717, 1.165) is 14.6 Å². The number of nitrogens with one attached hydrogen (secondary N) is 1. The fourth-order valence-electron chi connectivity index (χ4n) is 2.92. The fourth-order valence-corrected chi connectivity index (χ4v) is 5.06. The normalized spacial score (nSPS) is 16.4. The molecule has 0 saturated carbocycles. The lowest BCUT2D eigenvalue weighted by molar-refractivity contribution is -0.120. The van der Waals surface area contributed by atoms with Crippen LogP contribution in [0.2, 0.25) is 0 Å². The molecule has 1 aliphatic heterocycles. The van der Waals surface area contributed by atoms with E-state index in [0.29, 0.717) is 25.9 Å². The molecule has 1 N–H and O–H groups in total. The molecule has 5 nitrogen and oxygen atoms in total. The average molecular weight is 502 g/mol. The second kappa shape index (κ2) is 8.21. The minimum absolute atomic E-state index is 0.0659. The third-order valence-electron chi connectivity index (χ3n) is 4.37. The van der Waals surface area contributed by atoms with Crippen LogP contribution >= 0.6 is 31.9 Å². The number of sulfonamides is 1. The van der Waals surface area contributed by atoms with E-state index in [-0.39, 0.29) is 16.7 Å². The second-order valence-electron chi connectivity index (χ2n) is 6.13. The van der Waals surface area contributed by atoms with Crippen LogP contribution in [0.15, 0.2) is 62.4 Å². The lowest BCUT2D eigenvalue weighted by atomic mass is 9.97. The van der Waals surface area contributed by atoms with E-state index >= 15 is 0 Å². The number of rotatable bonds is 4. The topological polar surface area (TPSA) is 66.5 Å². The van der Waals surface area contributed by atoms with E-state index in [1.54, 1.807) is 24.3 Å². The summed E-state index contributed by atoms with van der Waals surface area (Å²) in [6.45, 7) is 0.684. The Bertz CT molecular complexity index is 893. The quantitative estimate of drug-likeness (QED) is 0.680. The van der Waals surface area contributed by atoms with Crippen LogP contribution in [0.1, 0.15) is 12.8 Å². The summed E-state index contributed by atoms with van der Waals surface area (Å²) in [6.07, 6.45) is 1.02. The molecule has 1 fully saturated rings. The highest BCUT2D eigenvalue weighted by Crippen LogP contribution is 2.26. The van der Waals surface area contributed by atoms with E-state index in [2.05, 4.69) is 37.2 Å². The van der Waals surface area contributed by atoms with Crippen LogP contribution in [0, 0.1) is 5.92 Å². The van der Waals surface area contributed by atoms with Crippen LogP contribution in [0.25, 0.3) is 0 Å². The van der Waals surface area contributed by atoms with Gasteiger partial charge in [-0.3, -0.25) is 4.79 Å². The lowest BCUT2D eigenvalue weighted by Crippen LogP contribution is -2.41. The number of hydrogen-bond acceptors (Lipinski definition) is 3. The molecule has 2 aromatic carbocycles. The third kappa shape index (κ3) is 4.54. The Kier molecular flexibility index (Phi) is 6.17. The van der Waals surface area contributed by atoms with E-state index in [1.807, 2.05) is 24.3 Å². The number of anilines is 1. The number of benzene rings is 2. The molecule has 0 radical (unpaired) electrons. The molecule has 0 aliphatic carbocycles. The zero-order valence-electron chi connectivity index (χ0n) is 13.9. The van der Waals surface area contributed by atoms with E-state index in [9.17, 15) is 13.2 Å². The lowest BCUT2D eigenvalue weighted by Gasteiger charge is -2.30. The number of hydrogen-bond donors (Lipinski definition) is 1. The Morgan fingerprint density at radius 1 is 1.00 bits per heavy atom. The molecule has 0 aromatic heterocycles. The number of carbonyl (C=O) groups is 1. The summed E-state index contributed by atoms with van der Waals surface area (Å²) in [5, 5.41) is 2.90. The summed E-state index contributed by atoms with van der Waals surface area (Å²) < 4.78 is 28.6. The summed E-state index contributed by atoms with van der Waals surface area (Å²) in [7, 11) is -3.52. The molecule has 3 rings (SSSR count). The summed E-state index contributed by atoms with van der Waals surface area (Å²) in [6, 6.07) is 14.0. The zero-order valence-corrected chi connectivity index (χ0v) is 17.8. The molecule has 1 heterocycles. The Hall–Kier alpha value is -1.22. The fraction of sp³-hybridized carbons (Fsp3) is 0.278. The standard InChI is InChI=1S/C18H18Br2N2O3S/c19-14-4-6-17(7-5-14)26(24,25)22-10-8-13(9-11-22)18(23)21-16-3-1-2-15(20)12-16/h1-7,12-13H,8-11H2,(H,21,23). The SMILES string of the molecule is O=C(Nc1cccc(Br)c1)C1CCN(S(=O)(=O)c2ccc(Br)cc2)CC1. The molecule has 0 bridgehead atoms. The smallest absolute Gasteiger partial charge is 0.243 e. The predicted molar refractivity (Wildman–Crippen MR) is 108 cm³/mol. The third-order valence-corrected chi connectivity index (χ3v) is 7.30. The molecule has 0 spiro atoms. The van der Waals surface area contributed by atoms with Crippen molar-refractivity contribution < 1.29 is 13.2 Å². The van der Waals surface area contributed by atoms with Crippen molar-refractivity contribution in [3.8, 4) is 0 Å². The first kappa shape index (κ1) is 19.5. The number of piperidine rings is 1. The van der Waals surface area contributed by atoms with Gasteiger partial charge in [-0.2, -0.15) is 4.31 Å². The van der Waals surface area contributed by atoms with Gasteiger partial charge in [0.25, 0.3) is 0 Å². The molecule has 1 aliphatic rings. The molecule has 2 aromatic rings. The maximum Gasteiger partial charge on any atom is 0.243 e. The summed E-state index contributed by atoms with van der Waals surface area (Å²) >= 11 is 6.68. The largest absolute Gasteiger partial charge is 0.326 e. The number of carbonyl (C=O) groups excluding carboxylic acids is 1. The maximum atomic E-state index is 12.7. The average Bonchev–Trinajstić information content (AvgIpc) is 2.62. The predicted octanol–water partition coefficient (Wildman–Crippen LogP) is 4.25. The summed E-state index contributed by atoms with van der Waals surface area (Å²) in [5.41, 5.74) is 0.731. The molecule has 1 amide bonds. The van der Waals surface area contributed by atoms with Gasteiger partial charge in [0.05, 0.1) is 4.90 Å². The van der Waals surface area contributed by atoms with Gasteiger partial charge in [0, 0.05) is 33.6 Å². The van der Waals surface area contributed by atoms with Gasteiger partial charge < -0.3 is 5.32 Å². The first-order valence-electron chi connectivity index (χ1n) is 8.18. The van der Waals surface area contributed by atoms with Crippen LogP contribution in [0.5, 0.6) is 0 Å². The summed E-state index contributed by atoms with van der Waals surface area (Å²) in [4.78, 5) is 12.7. The van der Waals surface area contributed by atoms with Crippen LogP contribution in [-0.2, 0) is 14.8 Å². The second-order valence-corrected chi connectivity index (χ2v) is 9.90. The Labute approximate surface area is 170 Å². The van der Waals surface area contributed by atoms with E-state index < -0.39 is 10.0 Å². The molecule has 8 heteroatoms. The Morgan fingerprint density at radius 3 is 2.27 bits per heavy atom. The van der Waals surface area contributed by atoms with Crippen molar-refractivity contribution in [2.24, 2.45) is 5.92 Å². The highest BCUT2D eigenvalue weighted by Gasteiger charge is 2.32. The van der Waals surface area contributed by atoms with Crippen molar-refractivity contribution >= 4 is 53.5 Å². The van der Waals surface area contributed by atoms with Gasteiger partial charge in [-0.05, 0) is 55.3 Å².